The van der Waals surface area contributed by atoms with Crippen molar-refractivity contribution in [2.75, 3.05) is 0 Å². The van der Waals surface area contributed by atoms with Crippen molar-refractivity contribution in [3.63, 3.8) is 0 Å². The summed E-state index contributed by atoms with van der Waals surface area (Å²) in [5.41, 5.74) is 8.34. The minimum atomic E-state index is 0.429. The minimum absolute atomic E-state index is 0.429. The lowest BCUT2D eigenvalue weighted by Gasteiger charge is -2.08. The number of benzene rings is 1. The van der Waals surface area contributed by atoms with E-state index in [1.54, 1.807) is 6.07 Å². The van der Waals surface area contributed by atoms with Gasteiger partial charge in [-0.15, -0.1) is 0 Å². The summed E-state index contributed by atoms with van der Waals surface area (Å²) in [5.74, 6) is 0.723. The Morgan fingerprint density at radius 3 is 2.78 bits per heavy atom. The summed E-state index contributed by atoms with van der Waals surface area (Å²) in [6.45, 7) is 2.81. The predicted octanol–water partition coefficient (Wildman–Crippen LogP) is 3.08. The van der Waals surface area contributed by atoms with E-state index in [9.17, 15) is 0 Å². The first kappa shape index (κ1) is 12.9. The van der Waals surface area contributed by atoms with Gasteiger partial charge in [-0.1, -0.05) is 23.7 Å². The maximum atomic E-state index is 6.06. The van der Waals surface area contributed by atoms with Crippen LogP contribution >= 0.6 is 11.6 Å². The lowest BCUT2D eigenvalue weighted by atomic mass is 10.2. The number of halogens is 1. The van der Waals surface area contributed by atoms with E-state index in [2.05, 4.69) is 4.98 Å². The summed E-state index contributed by atoms with van der Waals surface area (Å²) >= 11 is 6.06. The molecule has 4 heteroatoms. The quantitative estimate of drug-likeness (QED) is 0.921. The third-order valence-corrected chi connectivity index (χ3v) is 2.93. The van der Waals surface area contributed by atoms with Crippen LogP contribution in [-0.2, 0) is 13.2 Å². The first-order valence-corrected chi connectivity index (χ1v) is 6.10. The Bertz CT molecular complexity index is 543. The lowest BCUT2D eigenvalue weighted by molar-refractivity contribution is 0.301. The highest BCUT2D eigenvalue weighted by molar-refractivity contribution is 6.31. The van der Waals surface area contributed by atoms with Crippen molar-refractivity contribution in [3.8, 4) is 5.75 Å². The molecule has 0 saturated carbocycles. The molecule has 0 bridgehead atoms. The first-order valence-electron chi connectivity index (χ1n) is 5.73. The fourth-order valence-corrected chi connectivity index (χ4v) is 1.87. The highest BCUT2D eigenvalue weighted by atomic mass is 35.5. The Labute approximate surface area is 112 Å². The summed E-state index contributed by atoms with van der Waals surface area (Å²) in [6.07, 6.45) is 0. The SMILES string of the molecule is Cc1cccc(COc2ccc(CN)c(Cl)c2)n1. The number of nitrogens with zero attached hydrogens (tertiary/aromatic N) is 1. The van der Waals surface area contributed by atoms with Gasteiger partial charge in [0, 0.05) is 17.3 Å². The Morgan fingerprint density at radius 1 is 1.28 bits per heavy atom. The fraction of sp³-hybridized carbons (Fsp3) is 0.214. The normalized spacial score (nSPS) is 10.4. The predicted molar refractivity (Wildman–Crippen MR) is 72.6 cm³/mol. The molecule has 0 amide bonds. The Morgan fingerprint density at radius 2 is 2.11 bits per heavy atom. The number of ether oxygens (including phenoxy) is 1. The van der Waals surface area contributed by atoms with Gasteiger partial charge in [0.2, 0.25) is 0 Å². The molecular weight excluding hydrogens is 248 g/mol. The molecule has 0 aliphatic rings. The van der Waals surface area contributed by atoms with E-state index in [1.165, 1.54) is 0 Å². The summed E-state index contributed by atoms with van der Waals surface area (Å²) in [5, 5.41) is 0.632. The van der Waals surface area contributed by atoms with Crippen molar-refractivity contribution in [2.24, 2.45) is 5.73 Å². The molecule has 0 fully saturated rings. The molecule has 3 nitrogen and oxygen atoms in total. The molecule has 94 valence electrons. The summed E-state index contributed by atoms with van der Waals surface area (Å²) in [7, 11) is 0. The molecular formula is C14H15ClN2O. The van der Waals surface area contributed by atoms with Crippen LogP contribution in [0.5, 0.6) is 5.75 Å². The van der Waals surface area contributed by atoms with E-state index in [0.717, 1.165) is 22.7 Å². The van der Waals surface area contributed by atoms with E-state index in [0.29, 0.717) is 18.2 Å². The Kier molecular flexibility index (Phi) is 4.18. The second kappa shape index (κ2) is 5.85. The topological polar surface area (TPSA) is 48.1 Å². The van der Waals surface area contributed by atoms with Gasteiger partial charge in [0.15, 0.2) is 0 Å². The summed E-state index contributed by atoms with van der Waals surface area (Å²) in [6, 6.07) is 11.4. The number of hydrogen-bond donors (Lipinski definition) is 1. The summed E-state index contributed by atoms with van der Waals surface area (Å²) in [4.78, 5) is 4.37. The molecule has 2 N–H and O–H groups in total. The van der Waals surface area contributed by atoms with Gasteiger partial charge in [0.05, 0.1) is 5.69 Å². The molecule has 0 spiro atoms. The largest absolute Gasteiger partial charge is 0.487 e. The maximum absolute atomic E-state index is 6.06. The average molecular weight is 263 g/mol. The minimum Gasteiger partial charge on any atom is -0.487 e. The van der Waals surface area contributed by atoms with E-state index in [4.69, 9.17) is 22.1 Å². The molecule has 18 heavy (non-hydrogen) atoms. The Balaban J connectivity index is 2.04. The molecule has 0 radical (unpaired) electrons. The lowest BCUT2D eigenvalue weighted by Crippen LogP contribution is -2.00. The van der Waals surface area contributed by atoms with Gasteiger partial charge >= 0.3 is 0 Å². The zero-order valence-corrected chi connectivity index (χ0v) is 10.9. The molecule has 0 unspecified atom stereocenters. The van der Waals surface area contributed by atoms with Crippen LogP contribution in [0, 0.1) is 6.92 Å². The molecule has 0 saturated heterocycles. The maximum Gasteiger partial charge on any atom is 0.130 e. The number of hydrogen-bond acceptors (Lipinski definition) is 3. The molecule has 1 heterocycles. The van der Waals surface area contributed by atoms with Gasteiger partial charge < -0.3 is 10.5 Å². The van der Waals surface area contributed by atoms with Gasteiger partial charge in [-0.3, -0.25) is 4.98 Å². The zero-order valence-electron chi connectivity index (χ0n) is 10.2. The van der Waals surface area contributed by atoms with Crippen LogP contribution in [0.4, 0.5) is 0 Å². The van der Waals surface area contributed by atoms with Crippen LogP contribution in [0.3, 0.4) is 0 Å². The van der Waals surface area contributed by atoms with Gasteiger partial charge in [-0.2, -0.15) is 0 Å². The number of pyridine rings is 1. The third kappa shape index (κ3) is 3.22. The second-order valence-electron chi connectivity index (χ2n) is 4.02. The second-order valence-corrected chi connectivity index (χ2v) is 4.42. The van der Waals surface area contributed by atoms with E-state index < -0.39 is 0 Å². The highest BCUT2D eigenvalue weighted by Crippen LogP contribution is 2.22. The molecule has 2 rings (SSSR count). The number of rotatable bonds is 4. The molecule has 1 aromatic carbocycles. The van der Waals surface area contributed by atoms with E-state index in [1.807, 2.05) is 37.3 Å². The van der Waals surface area contributed by atoms with Crippen LogP contribution in [0.1, 0.15) is 17.0 Å². The van der Waals surface area contributed by atoms with Crippen molar-refractivity contribution < 1.29 is 4.74 Å². The standard InChI is InChI=1S/C14H15ClN2O/c1-10-3-2-4-12(17-10)9-18-13-6-5-11(8-16)14(15)7-13/h2-7H,8-9,16H2,1H3. The van der Waals surface area contributed by atoms with Crippen molar-refractivity contribution in [3.05, 3.63) is 58.4 Å². The average Bonchev–Trinajstić information content (AvgIpc) is 2.37. The summed E-state index contributed by atoms with van der Waals surface area (Å²) < 4.78 is 5.64. The first-order chi connectivity index (χ1) is 8.69. The molecule has 0 aliphatic heterocycles. The van der Waals surface area contributed by atoms with Crippen LogP contribution in [0.15, 0.2) is 36.4 Å². The highest BCUT2D eigenvalue weighted by Gasteiger charge is 2.02. The number of nitrogens with two attached hydrogens (primary N) is 1. The van der Waals surface area contributed by atoms with Gasteiger partial charge in [-0.25, -0.2) is 0 Å². The van der Waals surface area contributed by atoms with E-state index in [-0.39, 0.29) is 0 Å². The van der Waals surface area contributed by atoms with Crippen LogP contribution in [0.2, 0.25) is 5.02 Å². The van der Waals surface area contributed by atoms with Crippen molar-refractivity contribution in [1.29, 1.82) is 0 Å². The Hall–Kier alpha value is -1.58. The van der Waals surface area contributed by atoms with Crippen molar-refractivity contribution in [2.45, 2.75) is 20.1 Å². The van der Waals surface area contributed by atoms with Crippen LogP contribution in [-0.4, -0.2) is 4.98 Å². The van der Waals surface area contributed by atoms with Crippen LogP contribution in [0.25, 0.3) is 0 Å². The van der Waals surface area contributed by atoms with Gasteiger partial charge in [0.25, 0.3) is 0 Å². The monoisotopic (exact) mass is 262 g/mol. The fourth-order valence-electron chi connectivity index (χ4n) is 1.62. The third-order valence-electron chi connectivity index (χ3n) is 2.58. The number of aryl methyl sites for hydroxylation is 1. The van der Waals surface area contributed by atoms with Crippen molar-refractivity contribution in [1.82, 2.24) is 4.98 Å². The van der Waals surface area contributed by atoms with Gasteiger partial charge in [0.1, 0.15) is 12.4 Å². The molecule has 0 atom stereocenters. The smallest absolute Gasteiger partial charge is 0.130 e. The number of aromatic nitrogens is 1. The van der Waals surface area contributed by atoms with Gasteiger partial charge in [-0.05, 0) is 36.8 Å². The zero-order chi connectivity index (χ0) is 13.0. The molecule has 2 aromatic rings. The molecule has 1 aromatic heterocycles. The molecule has 0 aliphatic carbocycles. The van der Waals surface area contributed by atoms with Crippen LogP contribution < -0.4 is 10.5 Å². The van der Waals surface area contributed by atoms with Crippen molar-refractivity contribution >= 4 is 11.6 Å². The van der Waals surface area contributed by atoms with E-state index >= 15 is 0 Å².